The van der Waals surface area contributed by atoms with E-state index in [0.717, 1.165) is 35.4 Å². The summed E-state index contributed by atoms with van der Waals surface area (Å²) < 4.78 is 2.21. The number of aliphatic hydroxyl groups is 1. The van der Waals surface area contributed by atoms with Crippen molar-refractivity contribution in [3.05, 3.63) is 53.6 Å². The fourth-order valence-corrected chi connectivity index (χ4v) is 2.80. The average Bonchev–Trinajstić information content (AvgIpc) is 2.83. The van der Waals surface area contributed by atoms with Crippen molar-refractivity contribution in [3.63, 3.8) is 0 Å². The molecule has 0 saturated carbocycles. The zero-order valence-electron chi connectivity index (χ0n) is 12.5. The van der Waals surface area contributed by atoms with Crippen LogP contribution in [0.2, 0.25) is 0 Å². The summed E-state index contributed by atoms with van der Waals surface area (Å²) in [6.07, 6.45) is 0.734. The van der Waals surface area contributed by atoms with Gasteiger partial charge in [-0.15, -0.1) is 0 Å². The van der Waals surface area contributed by atoms with Crippen molar-refractivity contribution in [2.45, 2.75) is 26.8 Å². The van der Waals surface area contributed by atoms with Crippen LogP contribution in [0.1, 0.15) is 17.5 Å². The lowest BCUT2D eigenvalue weighted by Gasteiger charge is -2.11. The molecule has 0 amide bonds. The van der Waals surface area contributed by atoms with E-state index >= 15 is 0 Å². The second-order valence-electron chi connectivity index (χ2n) is 5.47. The third kappa shape index (κ3) is 2.57. The van der Waals surface area contributed by atoms with Crippen LogP contribution >= 0.6 is 0 Å². The molecule has 3 aromatic rings. The van der Waals surface area contributed by atoms with E-state index in [9.17, 15) is 0 Å². The number of para-hydroxylation sites is 2. The molecule has 21 heavy (non-hydrogen) atoms. The van der Waals surface area contributed by atoms with Gasteiger partial charge >= 0.3 is 0 Å². The van der Waals surface area contributed by atoms with E-state index in [4.69, 9.17) is 10.1 Å². The molecular weight excluding hydrogens is 260 g/mol. The molecule has 0 fully saturated rings. The van der Waals surface area contributed by atoms with Crippen molar-refractivity contribution in [1.29, 1.82) is 0 Å². The maximum absolute atomic E-state index is 9.16. The summed E-state index contributed by atoms with van der Waals surface area (Å²) in [7, 11) is 0. The summed E-state index contributed by atoms with van der Waals surface area (Å²) in [6, 6.07) is 14.6. The highest BCUT2D eigenvalue weighted by Crippen LogP contribution is 2.28. The number of hydrogen-bond acceptors (Lipinski definition) is 2. The monoisotopic (exact) mass is 280 g/mol. The Labute approximate surface area is 124 Å². The first-order valence-corrected chi connectivity index (χ1v) is 7.34. The van der Waals surface area contributed by atoms with Gasteiger partial charge in [-0.2, -0.15) is 0 Å². The number of nitrogens with zero attached hydrogens (tertiary/aromatic N) is 2. The summed E-state index contributed by atoms with van der Waals surface area (Å²) in [5.74, 6) is 0.988. The number of benzene rings is 2. The van der Waals surface area contributed by atoms with Crippen LogP contribution in [0.25, 0.3) is 22.4 Å². The highest BCUT2D eigenvalue weighted by atomic mass is 16.3. The lowest BCUT2D eigenvalue weighted by molar-refractivity contribution is 0.281. The van der Waals surface area contributed by atoms with Crippen LogP contribution < -0.4 is 0 Å². The van der Waals surface area contributed by atoms with E-state index in [2.05, 4.69) is 42.7 Å². The number of hydrogen-bond donors (Lipinski definition) is 1. The number of aryl methyl sites for hydroxylation is 3. The van der Waals surface area contributed by atoms with E-state index < -0.39 is 0 Å². The van der Waals surface area contributed by atoms with Gasteiger partial charge in [0.1, 0.15) is 5.82 Å². The van der Waals surface area contributed by atoms with Crippen molar-refractivity contribution in [2.24, 2.45) is 0 Å². The third-order valence-electron chi connectivity index (χ3n) is 3.82. The number of imidazole rings is 1. The van der Waals surface area contributed by atoms with E-state index in [-0.39, 0.29) is 6.61 Å². The summed E-state index contributed by atoms with van der Waals surface area (Å²) in [5.41, 5.74) is 5.78. The minimum Gasteiger partial charge on any atom is -0.396 e. The lowest BCUT2D eigenvalue weighted by Crippen LogP contribution is -2.03. The molecule has 108 valence electrons. The minimum atomic E-state index is 0.193. The molecule has 1 heterocycles. The van der Waals surface area contributed by atoms with E-state index in [1.807, 2.05) is 18.2 Å². The zero-order valence-corrected chi connectivity index (χ0v) is 12.5. The molecule has 0 aliphatic heterocycles. The van der Waals surface area contributed by atoms with Crippen molar-refractivity contribution >= 4 is 11.0 Å². The first kappa shape index (κ1) is 13.8. The van der Waals surface area contributed by atoms with Gasteiger partial charge in [0, 0.05) is 18.7 Å². The Bertz CT molecular complexity index is 774. The summed E-state index contributed by atoms with van der Waals surface area (Å²) in [6.45, 7) is 5.20. The molecular formula is C18H20N2O. The zero-order chi connectivity index (χ0) is 14.8. The predicted octanol–water partition coefficient (Wildman–Crippen LogP) is 3.70. The van der Waals surface area contributed by atoms with Crippen molar-refractivity contribution in [2.75, 3.05) is 6.61 Å². The number of aromatic nitrogens is 2. The van der Waals surface area contributed by atoms with Crippen LogP contribution in [0.5, 0.6) is 0 Å². The molecule has 0 unspecified atom stereocenters. The van der Waals surface area contributed by atoms with E-state index in [1.54, 1.807) is 0 Å². The summed E-state index contributed by atoms with van der Waals surface area (Å²) in [5, 5.41) is 9.16. The van der Waals surface area contributed by atoms with Gasteiger partial charge in [-0.1, -0.05) is 35.9 Å². The molecule has 0 radical (unpaired) electrons. The van der Waals surface area contributed by atoms with Gasteiger partial charge in [-0.25, -0.2) is 4.98 Å². The molecule has 0 atom stereocenters. The van der Waals surface area contributed by atoms with Gasteiger partial charge in [0.25, 0.3) is 0 Å². The number of rotatable bonds is 4. The molecule has 0 saturated heterocycles. The Hall–Kier alpha value is -2.13. The highest BCUT2D eigenvalue weighted by molar-refractivity contribution is 5.81. The standard InChI is InChI=1S/C18H20N2O/c1-13-8-9-15(14(2)12-13)18-19-16-6-3-4-7-17(16)20(18)10-5-11-21/h3-4,6-9,12,21H,5,10-11H2,1-2H3. The Kier molecular flexibility index (Phi) is 3.76. The Morgan fingerprint density at radius 3 is 2.67 bits per heavy atom. The van der Waals surface area contributed by atoms with E-state index in [0.29, 0.717) is 0 Å². The molecule has 0 aliphatic rings. The second kappa shape index (κ2) is 5.70. The van der Waals surface area contributed by atoms with Gasteiger partial charge in [-0.3, -0.25) is 0 Å². The van der Waals surface area contributed by atoms with Crippen LogP contribution in [0, 0.1) is 13.8 Å². The normalized spacial score (nSPS) is 11.2. The lowest BCUT2D eigenvalue weighted by atomic mass is 10.1. The fourth-order valence-electron chi connectivity index (χ4n) is 2.80. The van der Waals surface area contributed by atoms with Gasteiger partial charge < -0.3 is 9.67 Å². The fraction of sp³-hybridized carbons (Fsp3) is 0.278. The smallest absolute Gasteiger partial charge is 0.141 e. The average molecular weight is 280 g/mol. The largest absolute Gasteiger partial charge is 0.396 e. The molecule has 3 nitrogen and oxygen atoms in total. The molecule has 0 spiro atoms. The maximum atomic E-state index is 9.16. The van der Waals surface area contributed by atoms with Crippen LogP contribution in [-0.4, -0.2) is 21.3 Å². The molecule has 2 aromatic carbocycles. The van der Waals surface area contributed by atoms with Crippen LogP contribution in [0.15, 0.2) is 42.5 Å². The van der Waals surface area contributed by atoms with Gasteiger partial charge in [-0.05, 0) is 38.0 Å². The van der Waals surface area contributed by atoms with E-state index in [1.165, 1.54) is 11.1 Å². The maximum Gasteiger partial charge on any atom is 0.141 e. The van der Waals surface area contributed by atoms with Crippen molar-refractivity contribution in [1.82, 2.24) is 9.55 Å². The second-order valence-corrected chi connectivity index (χ2v) is 5.47. The molecule has 1 aromatic heterocycles. The van der Waals surface area contributed by atoms with Gasteiger partial charge in [0.05, 0.1) is 11.0 Å². The third-order valence-corrected chi connectivity index (χ3v) is 3.82. The molecule has 3 heteroatoms. The topological polar surface area (TPSA) is 38.0 Å². The van der Waals surface area contributed by atoms with Crippen molar-refractivity contribution in [3.8, 4) is 11.4 Å². The minimum absolute atomic E-state index is 0.193. The molecule has 0 bridgehead atoms. The van der Waals surface area contributed by atoms with Gasteiger partial charge in [0.2, 0.25) is 0 Å². The predicted molar refractivity (Wildman–Crippen MR) is 86.3 cm³/mol. The van der Waals surface area contributed by atoms with Crippen LogP contribution in [0.3, 0.4) is 0 Å². The first-order valence-electron chi connectivity index (χ1n) is 7.34. The summed E-state index contributed by atoms with van der Waals surface area (Å²) >= 11 is 0. The van der Waals surface area contributed by atoms with Crippen LogP contribution in [-0.2, 0) is 6.54 Å². The molecule has 3 rings (SSSR count). The first-order chi connectivity index (χ1) is 10.2. The highest BCUT2D eigenvalue weighted by Gasteiger charge is 2.13. The quantitative estimate of drug-likeness (QED) is 0.791. The summed E-state index contributed by atoms with van der Waals surface area (Å²) in [4.78, 5) is 4.81. The Morgan fingerprint density at radius 1 is 1.10 bits per heavy atom. The SMILES string of the molecule is Cc1ccc(-c2nc3ccccc3n2CCCO)c(C)c1. The van der Waals surface area contributed by atoms with Gasteiger partial charge in [0.15, 0.2) is 0 Å². The Balaban J connectivity index is 2.20. The molecule has 0 aliphatic carbocycles. The van der Waals surface area contributed by atoms with Crippen LogP contribution in [0.4, 0.5) is 0 Å². The van der Waals surface area contributed by atoms with Crippen molar-refractivity contribution < 1.29 is 5.11 Å². The Morgan fingerprint density at radius 2 is 1.90 bits per heavy atom. The molecule has 1 N–H and O–H groups in total. The number of fused-ring (bicyclic) bond motifs is 1. The number of aliphatic hydroxyl groups excluding tert-OH is 1.